The fourth-order valence-electron chi connectivity index (χ4n) is 5.78. The standard InChI is InChI=1S/C43H76NO9P/c1-3-5-7-9-11-12-13-14-15-16-17-18-21-26-30-34-43(46)52-39(38-51-54(47,48)50-36-35-44)37-49-42(45)33-29-25-22-19-20-24-28-32-41-40(53-41)31-27-23-10-8-6-4-2/h12-13,19,22-24,27-28,39-41H,3-11,14-18,20-21,25-26,29-38,44H2,1-2H3,(H,47,48)/b13-12-,22-19-,27-23-,28-24-/t39-,40?,41?/m1/s1. The van der Waals surface area contributed by atoms with Crippen molar-refractivity contribution in [3.05, 3.63) is 48.6 Å². The minimum atomic E-state index is -4.39. The van der Waals surface area contributed by atoms with Crippen LogP contribution >= 0.6 is 7.82 Å². The molecular formula is C43H76NO9P. The van der Waals surface area contributed by atoms with Gasteiger partial charge < -0.3 is 24.8 Å². The first-order valence-electron chi connectivity index (χ1n) is 21.2. The molecule has 0 aromatic rings. The molecule has 0 saturated carbocycles. The Labute approximate surface area is 328 Å². The molecule has 11 heteroatoms. The minimum Gasteiger partial charge on any atom is -0.462 e. The molecule has 0 spiro atoms. The minimum absolute atomic E-state index is 0.0419. The molecule has 3 N–H and O–H groups in total. The summed E-state index contributed by atoms with van der Waals surface area (Å²) in [6, 6.07) is 0. The molecule has 0 radical (unpaired) electrons. The Balaban J connectivity index is 2.23. The number of carbonyl (C=O) groups is 2. The molecule has 1 aliphatic rings. The van der Waals surface area contributed by atoms with Crippen molar-refractivity contribution in [2.75, 3.05) is 26.4 Å². The Morgan fingerprint density at radius 3 is 1.81 bits per heavy atom. The van der Waals surface area contributed by atoms with Crippen LogP contribution in [0, 0.1) is 0 Å². The fourth-order valence-corrected chi connectivity index (χ4v) is 6.54. The van der Waals surface area contributed by atoms with E-state index in [0.717, 1.165) is 57.8 Å². The summed E-state index contributed by atoms with van der Waals surface area (Å²) in [7, 11) is -4.39. The second kappa shape index (κ2) is 35.4. The van der Waals surface area contributed by atoms with E-state index in [-0.39, 0.29) is 32.6 Å². The monoisotopic (exact) mass is 782 g/mol. The van der Waals surface area contributed by atoms with Gasteiger partial charge in [-0.2, -0.15) is 0 Å². The second-order valence-corrected chi connectivity index (χ2v) is 15.7. The van der Waals surface area contributed by atoms with Gasteiger partial charge in [0.25, 0.3) is 0 Å². The third-order valence-electron chi connectivity index (χ3n) is 9.09. The average Bonchev–Trinajstić information content (AvgIpc) is 3.91. The normalized spacial score (nSPS) is 17.6. The van der Waals surface area contributed by atoms with Crippen LogP contribution in [0.25, 0.3) is 0 Å². The summed E-state index contributed by atoms with van der Waals surface area (Å²) < 4.78 is 38.4. The molecule has 1 fully saturated rings. The summed E-state index contributed by atoms with van der Waals surface area (Å²) in [4.78, 5) is 34.8. The van der Waals surface area contributed by atoms with Crippen LogP contribution in [0.5, 0.6) is 0 Å². The van der Waals surface area contributed by atoms with Crippen molar-refractivity contribution in [2.24, 2.45) is 5.73 Å². The lowest BCUT2D eigenvalue weighted by atomic mass is 10.1. The molecule has 0 aromatic heterocycles. The molecule has 54 heavy (non-hydrogen) atoms. The van der Waals surface area contributed by atoms with Gasteiger partial charge in [-0.05, 0) is 77.0 Å². The first kappa shape index (κ1) is 49.9. The number of phosphoric acid groups is 1. The molecule has 0 aliphatic carbocycles. The van der Waals surface area contributed by atoms with Gasteiger partial charge >= 0.3 is 19.8 Å². The highest BCUT2D eigenvalue weighted by atomic mass is 31.2. The Bertz CT molecular complexity index is 1090. The van der Waals surface area contributed by atoms with Gasteiger partial charge in [0.2, 0.25) is 0 Å². The smallest absolute Gasteiger partial charge is 0.462 e. The van der Waals surface area contributed by atoms with E-state index in [0.29, 0.717) is 25.0 Å². The number of ether oxygens (including phenoxy) is 3. The van der Waals surface area contributed by atoms with Gasteiger partial charge in [-0.15, -0.1) is 0 Å². The van der Waals surface area contributed by atoms with E-state index in [4.69, 9.17) is 29.0 Å². The topological polar surface area (TPSA) is 147 Å². The molecule has 10 nitrogen and oxygen atoms in total. The molecular weight excluding hydrogens is 705 g/mol. The van der Waals surface area contributed by atoms with E-state index in [9.17, 15) is 19.0 Å². The summed E-state index contributed by atoms with van der Waals surface area (Å²) in [5.41, 5.74) is 5.34. The number of esters is 2. The highest BCUT2D eigenvalue weighted by molar-refractivity contribution is 7.47. The van der Waals surface area contributed by atoms with E-state index in [1.165, 1.54) is 70.6 Å². The van der Waals surface area contributed by atoms with Crippen LogP contribution in [0.4, 0.5) is 0 Å². The van der Waals surface area contributed by atoms with Gasteiger partial charge in [-0.3, -0.25) is 18.6 Å². The van der Waals surface area contributed by atoms with Gasteiger partial charge in [0, 0.05) is 19.4 Å². The van der Waals surface area contributed by atoms with Crippen molar-refractivity contribution < 1.29 is 42.3 Å². The second-order valence-electron chi connectivity index (χ2n) is 14.2. The van der Waals surface area contributed by atoms with Crippen LogP contribution in [0.15, 0.2) is 48.6 Å². The fraction of sp³-hybridized carbons (Fsp3) is 0.767. The first-order chi connectivity index (χ1) is 26.3. The third-order valence-corrected chi connectivity index (χ3v) is 10.1. The van der Waals surface area contributed by atoms with Crippen molar-refractivity contribution in [2.45, 2.75) is 186 Å². The van der Waals surface area contributed by atoms with Crippen molar-refractivity contribution in [1.82, 2.24) is 0 Å². The zero-order valence-electron chi connectivity index (χ0n) is 33.9. The first-order valence-corrected chi connectivity index (χ1v) is 22.7. The number of hydrogen-bond acceptors (Lipinski definition) is 9. The number of allylic oxidation sites excluding steroid dienone is 6. The van der Waals surface area contributed by atoms with Crippen LogP contribution in [-0.4, -0.2) is 61.5 Å². The van der Waals surface area contributed by atoms with Crippen LogP contribution in [0.2, 0.25) is 0 Å². The molecule has 4 atom stereocenters. The Kier molecular flexibility index (Phi) is 32.7. The Morgan fingerprint density at radius 1 is 0.648 bits per heavy atom. The summed E-state index contributed by atoms with van der Waals surface area (Å²) in [5, 5.41) is 0. The lowest BCUT2D eigenvalue weighted by molar-refractivity contribution is -0.161. The molecule has 1 heterocycles. The van der Waals surface area contributed by atoms with Crippen molar-refractivity contribution in [1.29, 1.82) is 0 Å². The van der Waals surface area contributed by atoms with Crippen molar-refractivity contribution >= 4 is 19.8 Å². The maximum atomic E-state index is 12.6. The van der Waals surface area contributed by atoms with Crippen molar-refractivity contribution in [3.8, 4) is 0 Å². The van der Waals surface area contributed by atoms with Crippen LogP contribution in [-0.2, 0) is 37.4 Å². The number of rotatable bonds is 38. The third kappa shape index (κ3) is 32.2. The summed E-state index contributed by atoms with van der Waals surface area (Å²) in [5.74, 6) is -0.908. The molecule has 3 unspecified atom stereocenters. The molecule has 1 rings (SSSR count). The lowest BCUT2D eigenvalue weighted by Crippen LogP contribution is -2.29. The molecule has 312 valence electrons. The number of phosphoric ester groups is 1. The SMILES string of the molecule is CCCCC/C=C\CC1OC1C/C=C\C/C=C\CCCC(=O)OC[C@H](COP(=O)(O)OCCN)OC(=O)CCCCCCCCC/C=C\CCCCCC. The van der Waals surface area contributed by atoms with Gasteiger partial charge in [0.05, 0.1) is 25.4 Å². The van der Waals surface area contributed by atoms with Crippen LogP contribution in [0.3, 0.4) is 0 Å². The number of carbonyl (C=O) groups excluding carboxylic acids is 2. The highest BCUT2D eigenvalue weighted by Crippen LogP contribution is 2.43. The molecule has 1 saturated heterocycles. The van der Waals surface area contributed by atoms with E-state index in [2.05, 4.69) is 56.4 Å². The number of unbranched alkanes of at least 4 members (excludes halogenated alkanes) is 15. The number of epoxide rings is 1. The molecule has 1 aliphatic heterocycles. The predicted molar refractivity (Wildman–Crippen MR) is 219 cm³/mol. The molecule has 0 bridgehead atoms. The van der Waals surface area contributed by atoms with Crippen LogP contribution < -0.4 is 5.73 Å². The van der Waals surface area contributed by atoms with Gasteiger partial charge in [-0.25, -0.2) is 4.57 Å². The van der Waals surface area contributed by atoms with Crippen LogP contribution in [0.1, 0.15) is 168 Å². The predicted octanol–water partition coefficient (Wildman–Crippen LogP) is 10.9. The van der Waals surface area contributed by atoms with Gasteiger partial charge in [0.15, 0.2) is 6.10 Å². The Morgan fingerprint density at radius 2 is 1.15 bits per heavy atom. The van der Waals surface area contributed by atoms with Gasteiger partial charge in [-0.1, -0.05) is 127 Å². The summed E-state index contributed by atoms with van der Waals surface area (Å²) in [6.45, 7) is 3.60. The van der Waals surface area contributed by atoms with Gasteiger partial charge in [0.1, 0.15) is 6.61 Å². The maximum Gasteiger partial charge on any atom is 0.472 e. The largest absolute Gasteiger partial charge is 0.472 e. The zero-order chi connectivity index (χ0) is 39.4. The zero-order valence-corrected chi connectivity index (χ0v) is 34.8. The van der Waals surface area contributed by atoms with E-state index in [1.807, 2.05) is 6.08 Å². The Hall–Kier alpha value is -2.07. The number of nitrogens with two attached hydrogens (primary N) is 1. The quantitative estimate of drug-likeness (QED) is 0.0204. The average molecular weight is 782 g/mol. The number of hydrogen-bond donors (Lipinski definition) is 2. The highest BCUT2D eigenvalue weighted by Gasteiger charge is 2.36. The van der Waals surface area contributed by atoms with E-state index >= 15 is 0 Å². The van der Waals surface area contributed by atoms with E-state index in [1.54, 1.807) is 0 Å². The van der Waals surface area contributed by atoms with E-state index < -0.39 is 32.5 Å². The molecule has 0 amide bonds. The summed E-state index contributed by atoms with van der Waals surface area (Å²) in [6.07, 6.45) is 41.7. The molecule has 0 aromatic carbocycles. The van der Waals surface area contributed by atoms with Crippen molar-refractivity contribution in [3.63, 3.8) is 0 Å². The maximum absolute atomic E-state index is 12.6. The lowest BCUT2D eigenvalue weighted by Gasteiger charge is -2.19. The summed E-state index contributed by atoms with van der Waals surface area (Å²) >= 11 is 0.